The maximum absolute atomic E-state index is 11.8. The van der Waals surface area contributed by atoms with Crippen LogP contribution < -0.4 is 9.64 Å². The molecule has 0 aromatic heterocycles. The highest BCUT2D eigenvalue weighted by Crippen LogP contribution is 2.29. The third-order valence-corrected chi connectivity index (χ3v) is 10.7. The molecule has 1 aliphatic carbocycles. The molecule has 1 atom stereocenters. The Morgan fingerprint density at radius 1 is 0.662 bits per heavy atom. The van der Waals surface area contributed by atoms with Gasteiger partial charge < -0.3 is 24.2 Å². The average Bonchev–Trinajstić information content (AvgIpc) is 3.78. The quantitative estimate of drug-likeness (QED) is 0.103. The van der Waals surface area contributed by atoms with Crippen molar-refractivity contribution in [3.63, 3.8) is 0 Å². The van der Waals surface area contributed by atoms with E-state index in [-0.39, 0.29) is 30.3 Å². The minimum Gasteiger partial charge on any atom is -0.484 e. The van der Waals surface area contributed by atoms with E-state index in [0.717, 1.165) is 75.2 Å². The van der Waals surface area contributed by atoms with E-state index in [4.69, 9.17) is 9.47 Å². The van der Waals surface area contributed by atoms with Crippen molar-refractivity contribution >= 4 is 29.3 Å². The Balaban J connectivity index is 0.000000421. The topological polar surface area (TPSA) is 96.5 Å². The summed E-state index contributed by atoms with van der Waals surface area (Å²) >= 11 is 0. The molecule has 9 heteroatoms. The number of rotatable bonds is 16. The summed E-state index contributed by atoms with van der Waals surface area (Å²) in [4.78, 5) is 49.8. The van der Waals surface area contributed by atoms with E-state index < -0.39 is 0 Å². The number of likely N-dealkylation sites (N-methyl/N-ethyl adjacent to an activating group) is 1. The number of carbonyl (C=O) groups is 4. The van der Waals surface area contributed by atoms with Crippen molar-refractivity contribution in [3.05, 3.63) is 119 Å². The van der Waals surface area contributed by atoms with Gasteiger partial charge in [0.2, 0.25) is 5.91 Å². The van der Waals surface area contributed by atoms with Gasteiger partial charge in [0, 0.05) is 51.6 Å². The summed E-state index contributed by atoms with van der Waals surface area (Å²) < 4.78 is 10.4. The van der Waals surface area contributed by atoms with Gasteiger partial charge in [-0.15, -0.1) is 0 Å². The van der Waals surface area contributed by atoms with Crippen molar-refractivity contribution < 1.29 is 28.7 Å². The molecule has 0 N–H and O–H groups in total. The number of esters is 1. The molecule has 0 spiro atoms. The lowest BCUT2D eigenvalue weighted by molar-refractivity contribution is -0.147. The third-order valence-electron chi connectivity index (χ3n) is 10.7. The van der Waals surface area contributed by atoms with Gasteiger partial charge in [0.25, 0.3) is 5.91 Å². The number of hydrogen-bond donors (Lipinski definition) is 0. The Morgan fingerprint density at radius 2 is 1.17 bits per heavy atom. The predicted molar refractivity (Wildman–Crippen MR) is 272 cm³/mol. The van der Waals surface area contributed by atoms with E-state index in [1.165, 1.54) is 46.2 Å². The van der Waals surface area contributed by atoms with Gasteiger partial charge >= 0.3 is 5.97 Å². The van der Waals surface area contributed by atoms with E-state index in [2.05, 4.69) is 68.4 Å². The first-order valence-corrected chi connectivity index (χ1v) is 23.9. The van der Waals surface area contributed by atoms with Crippen LogP contribution in [0.25, 0.3) is 11.1 Å². The van der Waals surface area contributed by atoms with Crippen LogP contribution in [0.15, 0.2) is 91.0 Å². The summed E-state index contributed by atoms with van der Waals surface area (Å²) in [6, 6.07) is 31.6. The van der Waals surface area contributed by atoms with Crippen molar-refractivity contribution in [2.24, 2.45) is 5.92 Å². The second-order valence-electron chi connectivity index (χ2n) is 16.7. The SMILES string of the molecule is CCC(=O)N(C)c1ccc(C)cc1.CCCc1ccccc1-c1ccccc1CCC.CCN(CC)C(=O)COc1ccc(C)cc1C.CCOC(=O)C(C)CN(C)C.O=C1CCCC1. The molecule has 4 aromatic rings. The number of nitrogens with zero attached hydrogens (tertiary/aromatic N) is 3. The number of ketones is 1. The van der Waals surface area contributed by atoms with Crippen LogP contribution in [-0.4, -0.2) is 87.4 Å². The molecular weight excluding hydrogens is 811 g/mol. The molecule has 9 nitrogen and oxygen atoms in total. The number of Topliss-reactive ketones (excluding diaryl/α,β-unsaturated/α-hetero) is 1. The Kier molecular flexibility index (Phi) is 29.5. The maximum Gasteiger partial charge on any atom is 0.309 e. The molecule has 2 amide bonds. The molecule has 0 heterocycles. The van der Waals surface area contributed by atoms with E-state index in [9.17, 15) is 19.2 Å². The molecule has 0 radical (unpaired) electrons. The Hall–Kier alpha value is -5.28. The molecule has 65 heavy (non-hydrogen) atoms. The van der Waals surface area contributed by atoms with Crippen LogP contribution in [0, 0.1) is 26.7 Å². The fourth-order valence-electron chi connectivity index (χ4n) is 7.13. The first-order chi connectivity index (χ1) is 31.1. The lowest BCUT2D eigenvalue weighted by Crippen LogP contribution is -2.34. The Bertz CT molecular complexity index is 1920. The summed E-state index contributed by atoms with van der Waals surface area (Å²) in [6.07, 6.45) is 9.25. The van der Waals surface area contributed by atoms with Crippen LogP contribution in [0.2, 0.25) is 0 Å². The van der Waals surface area contributed by atoms with Crippen molar-refractivity contribution in [1.82, 2.24) is 9.80 Å². The van der Waals surface area contributed by atoms with Gasteiger partial charge in [0.15, 0.2) is 6.61 Å². The van der Waals surface area contributed by atoms with Gasteiger partial charge in [-0.05, 0) is 127 Å². The summed E-state index contributed by atoms with van der Waals surface area (Å²) in [6.45, 7) is 22.8. The largest absolute Gasteiger partial charge is 0.484 e. The van der Waals surface area contributed by atoms with Gasteiger partial charge in [-0.3, -0.25) is 19.2 Å². The fraction of sp³-hybridized carbons (Fsp3) is 0.500. The number of amides is 2. The summed E-state index contributed by atoms with van der Waals surface area (Å²) in [5, 5.41) is 0. The van der Waals surface area contributed by atoms with Gasteiger partial charge in [-0.2, -0.15) is 0 Å². The molecule has 0 aliphatic heterocycles. The molecular formula is C56H83N3O6. The smallest absolute Gasteiger partial charge is 0.309 e. The van der Waals surface area contributed by atoms with Gasteiger partial charge in [-0.25, -0.2) is 0 Å². The van der Waals surface area contributed by atoms with E-state index in [1.54, 1.807) is 16.8 Å². The maximum atomic E-state index is 11.8. The highest BCUT2D eigenvalue weighted by atomic mass is 16.5. The van der Waals surface area contributed by atoms with E-state index >= 15 is 0 Å². The first-order valence-electron chi connectivity index (χ1n) is 23.9. The zero-order chi connectivity index (χ0) is 48.7. The standard InChI is InChI=1S/C18H22.C14H21NO2.C11H15NO.C8H17NO2.C5H8O/c1-3-9-15-11-5-7-13-17(15)18-14-8-6-12-16(18)10-4-2;1-5-15(6-2)14(16)10-17-13-8-7-11(3)9-12(13)4;1-4-11(13)12(3)10-7-5-9(2)6-8-10;1-5-11-8(10)7(2)6-9(3)4;6-5-3-1-2-4-5/h5-8,11-14H,3-4,9-10H2,1-2H3;7-9H,5-6,10H2,1-4H3;5-8H,4H2,1-3H3;7H,5-6H2,1-4H3;1-4H2. The molecule has 0 saturated heterocycles. The zero-order valence-corrected chi connectivity index (χ0v) is 42.4. The second kappa shape index (κ2) is 33.2. The van der Waals surface area contributed by atoms with Crippen LogP contribution in [0.4, 0.5) is 5.69 Å². The summed E-state index contributed by atoms with van der Waals surface area (Å²) in [5.74, 6) is 1.29. The molecule has 1 unspecified atom stereocenters. The van der Waals surface area contributed by atoms with Crippen LogP contribution in [0.3, 0.4) is 0 Å². The average molecular weight is 894 g/mol. The van der Waals surface area contributed by atoms with Gasteiger partial charge in [0.1, 0.15) is 11.5 Å². The zero-order valence-electron chi connectivity index (χ0n) is 42.4. The lowest BCUT2D eigenvalue weighted by Gasteiger charge is -2.19. The summed E-state index contributed by atoms with van der Waals surface area (Å²) in [5.41, 5.74) is 10.2. The summed E-state index contributed by atoms with van der Waals surface area (Å²) in [7, 11) is 5.68. The Morgan fingerprint density at radius 3 is 1.58 bits per heavy atom. The van der Waals surface area contributed by atoms with E-state index in [0.29, 0.717) is 18.8 Å². The van der Waals surface area contributed by atoms with Crippen LogP contribution in [-0.2, 0) is 36.8 Å². The normalized spacial score (nSPS) is 11.8. The molecule has 5 rings (SSSR count). The second-order valence-corrected chi connectivity index (χ2v) is 16.7. The van der Waals surface area contributed by atoms with Crippen LogP contribution in [0.1, 0.15) is 121 Å². The fourth-order valence-corrected chi connectivity index (χ4v) is 7.13. The highest BCUT2D eigenvalue weighted by molar-refractivity contribution is 5.92. The molecule has 1 saturated carbocycles. The number of anilines is 1. The van der Waals surface area contributed by atoms with Gasteiger partial charge in [-0.1, -0.05) is 124 Å². The number of ether oxygens (including phenoxy) is 2. The Labute approximate surface area is 393 Å². The van der Waals surface area contributed by atoms with Crippen molar-refractivity contribution in [3.8, 4) is 16.9 Å². The van der Waals surface area contributed by atoms with Crippen molar-refractivity contribution in [1.29, 1.82) is 0 Å². The minimum absolute atomic E-state index is 0.0232. The monoisotopic (exact) mass is 894 g/mol. The van der Waals surface area contributed by atoms with Crippen molar-refractivity contribution in [2.45, 2.75) is 127 Å². The van der Waals surface area contributed by atoms with Gasteiger partial charge in [0.05, 0.1) is 12.5 Å². The molecule has 1 aliphatic rings. The van der Waals surface area contributed by atoms with E-state index in [1.807, 2.05) is 111 Å². The molecule has 4 aromatic carbocycles. The number of aryl methyl sites for hydroxylation is 5. The highest BCUT2D eigenvalue weighted by Gasteiger charge is 2.14. The molecule has 358 valence electrons. The minimum atomic E-state index is -0.110. The van der Waals surface area contributed by atoms with Crippen LogP contribution in [0.5, 0.6) is 5.75 Å². The third kappa shape index (κ3) is 23.0. The lowest BCUT2D eigenvalue weighted by atomic mass is 9.92. The molecule has 0 bridgehead atoms. The predicted octanol–water partition coefficient (Wildman–Crippen LogP) is 12.1. The number of carbonyl (C=O) groups excluding carboxylic acids is 4. The van der Waals surface area contributed by atoms with Crippen LogP contribution >= 0.6 is 0 Å². The number of hydrogen-bond acceptors (Lipinski definition) is 7. The van der Waals surface area contributed by atoms with Crippen molar-refractivity contribution in [2.75, 3.05) is 58.9 Å². The molecule has 1 fully saturated rings. The number of benzene rings is 4. The first kappa shape index (κ1) is 57.7.